The zero-order chi connectivity index (χ0) is 17.1. The topological polar surface area (TPSA) is 40.6 Å². The van der Waals surface area contributed by atoms with Crippen molar-refractivity contribution >= 4 is 28.8 Å². The van der Waals surface area contributed by atoms with E-state index in [2.05, 4.69) is 6.92 Å². The van der Waals surface area contributed by atoms with E-state index in [0.717, 1.165) is 19.5 Å². The second kappa shape index (κ2) is 7.18. The molecule has 1 aromatic carbocycles. The van der Waals surface area contributed by atoms with Crippen molar-refractivity contribution < 1.29 is 9.59 Å². The first-order chi connectivity index (χ1) is 11.6. The van der Waals surface area contributed by atoms with E-state index in [4.69, 9.17) is 0 Å². The molecule has 1 unspecified atom stereocenters. The average molecular weight is 342 g/mol. The van der Waals surface area contributed by atoms with Gasteiger partial charge in [-0.2, -0.15) is 0 Å². The number of rotatable bonds is 3. The van der Waals surface area contributed by atoms with Crippen molar-refractivity contribution in [2.45, 2.75) is 19.8 Å². The molecule has 2 heterocycles. The van der Waals surface area contributed by atoms with E-state index in [1.165, 1.54) is 17.8 Å². The molecule has 0 bridgehead atoms. The normalized spacial score (nSPS) is 17.6. The quantitative estimate of drug-likeness (QED) is 0.849. The highest BCUT2D eigenvalue weighted by Crippen LogP contribution is 2.26. The van der Waals surface area contributed by atoms with Crippen LogP contribution in [0.1, 0.15) is 39.8 Å². The van der Waals surface area contributed by atoms with Gasteiger partial charge in [0.15, 0.2) is 0 Å². The Hall–Kier alpha value is -2.14. The van der Waals surface area contributed by atoms with Crippen molar-refractivity contribution in [2.24, 2.45) is 5.92 Å². The molecule has 1 aromatic heterocycles. The third-order valence-electron chi connectivity index (χ3n) is 4.48. The summed E-state index contributed by atoms with van der Waals surface area (Å²) in [6.07, 6.45) is 2.21. The van der Waals surface area contributed by atoms with Crippen LogP contribution in [0.3, 0.4) is 0 Å². The minimum absolute atomic E-state index is 0.0166. The summed E-state index contributed by atoms with van der Waals surface area (Å²) in [6, 6.07) is 11.0. The number of thiophene rings is 1. The highest BCUT2D eigenvalue weighted by molar-refractivity contribution is 7.12. The van der Waals surface area contributed by atoms with Crippen LogP contribution in [0.4, 0.5) is 5.69 Å². The second-order valence-electron chi connectivity index (χ2n) is 6.36. The van der Waals surface area contributed by atoms with E-state index in [-0.39, 0.29) is 11.8 Å². The largest absolute Gasteiger partial charge is 0.338 e. The number of anilines is 1. The molecule has 24 heavy (non-hydrogen) atoms. The van der Waals surface area contributed by atoms with Gasteiger partial charge in [0.05, 0.1) is 16.1 Å². The molecule has 1 fully saturated rings. The number of benzene rings is 1. The summed E-state index contributed by atoms with van der Waals surface area (Å²) in [6.45, 7) is 3.76. The van der Waals surface area contributed by atoms with Gasteiger partial charge >= 0.3 is 0 Å². The van der Waals surface area contributed by atoms with E-state index in [1.54, 1.807) is 18.0 Å². The molecule has 0 radical (unpaired) electrons. The molecule has 0 N–H and O–H groups in total. The Balaban J connectivity index is 1.87. The molecule has 0 aliphatic carbocycles. The minimum Gasteiger partial charge on any atom is -0.338 e. The van der Waals surface area contributed by atoms with Crippen molar-refractivity contribution in [3.05, 3.63) is 52.2 Å². The van der Waals surface area contributed by atoms with E-state index in [9.17, 15) is 9.59 Å². The third kappa shape index (κ3) is 3.36. The fourth-order valence-electron chi connectivity index (χ4n) is 3.17. The van der Waals surface area contributed by atoms with E-state index >= 15 is 0 Å². The van der Waals surface area contributed by atoms with Gasteiger partial charge < -0.3 is 9.80 Å². The summed E-state index contributed by atoms with van der Waals surface area (Å²) < 4.78 is 0. The summed E-state index contributed by atoms with van der Waals surface area (Å²) in [5.74, 6) is 0.459. The summed E-state index contributed by atoms with van der Waals surface area (Å²) >= 11 is 1.41. The van der Waals surface area contributed by atoms with Crippen molar-refractivity contribution in [3.8, 4) is 0 Å². The lowest BCUT2D eigenvalue weighted by Crippen LogP contribution is -2.40. The molecule has 1 aliphatic heterocycles. The van der Waals surface area contributed by atoms with Crippen molar-refractivity contribution in [2.75, 3.05) is 25.0 Å². The van der Waals surface area contributed by atoms with Gasteiger partial charge in [0, 0.05) is 20.1 Å². The van der Waals surface area contributed by atoms with Gasteiger partial charge in [-0.1, -0.05) is 25.1 Å². The molecule has 5 heteroatoms. The second-order valence-corrected chi connectivity index (χ2v) is 7.30. The van der Waals surface area contributed by atoms with Gasteiger partial charge in [0.1, 0.15) is 0 Å². The van der Waals surface area contributed by atoms with Crippen LogP contribution in [0.15, 0.2) is 41.8 Å². The first-order valence-corrected chi connectivity index (χ1v) is 9.15. The monoisotopic (exact) mass is 342 g/mol. The van der Waals surface area contributed by atoms with Crippen LogP contribution in [0.25, 0.3) is 0 Å². The number of likely N-dealkylation sites (tertiary alicyclic amines) is 1. The van der Waals surface area contributed by atoms with Gasteiger partial charge in [0.2, 0.25) is 0 Å². The highest BCUT2D eigenvalue weighted by atomic mass is 32.1. The zero-order valence-electron chi connectivity index (χ0n) is 14.1. The fourth-order valence-corrected chi connectivity index (χ4v) is 3.86. The van der Waals surface area contributed by atoms with Gasteiger partial charge in [0.25, 0.3) is 11.8 Å². The van der Waals surface area contributed by atoms with Crippen LogP contribution in [0, 0.1) is 5.92 Å². The molecule has 1 atom stereocenters. The molecule has 0 saturated carbocycles. The Morgan fingerprint density at radius 1 is 1.21 bits per heavy atom. The Morgan fingerprint density at radius 3 is 2.71 bits per heavy atom. The molecule has 3 rings (SSSR count). The van der Waals surface area contributed by atoms with E-state index in [0.29, 0.717) is 22.0 Å². The Morgan fingerprint density at radius 2 is 2.00 bits per heavy atom. The van der Waals surface area contributed by atoms with Gasteiger partial charge in [-0.05, 0) is 42.3 Å². The molecule has 1 aliphatic rings. The Kier molecular flexibility index (Phi) is 5.00. The van der Waals surface area contributed by atoms with Crippen LogP contribution in [0.5, 0.6) is 0 Å². The van der Waals surface area contributed by atoms with Crippen LogP contribution >= 0.6 is 11.3 Å². The smallest absolute Gasteiger partial charge is 0.268 e. The predicted octanol–water partition coefficient (Wildman–Crippen LogP) is 3.90. The molecule has 2 aromatic rings. The lowest BCUT2D eigenvalue weighted by molar-refractivity contribution is 0.0684. The van der Waals surface area contributed by atoms with E-state index in [1.807, 2.05) is 40.6 Å². The number of hydrogen-bond acceptors (Lipinski definition) is 3. The average Bonchev–Trinajstić information content (AvgIpc) is 3.14. The van der Waals surface area contributed by atoms with Gasteiger partial charge in [-0.3, -0.25) is 9.59 Å². The Bertz CT molecular complexity index is 727. The number of carbonyl (C=O) groups is 2. The van der Waals surface area contributed by atoms with Crippen molar-refractivity contribution in [1.29, 1.82) is 0 Å². The Labute approximate surface area is 146 Å². The maximum atomic E-state index is 13.0. The molecular weight excluding hydrogens is 320 g/mol. The number of nitrogens with zero attached hydrogens (tertiary/aromatic N) is 2. The highest BCUT2D eigenvalue weighted by Gasteiger charge is 2.26. The number of para-hydroxylation sites is 1. The summed E-state index contributed by atoms with van der Waals surface area (Å²) in [5.41, 5.74) is 1.26. The van der Waals surface area contributed by atoms with Crippen LogP contribution in [-0.2, 0) is 0 Å². The summed E-state index contributed by atoms with van der Waals surface area (Å²) in [4.78, 5) is 29.8. The molecule has 0 spiro atoms. The first kappa shape index (κ1) is 16.7. The maximum absolute atomic E-state index is 13.0. The molecule has 126 valence electrons. The number of piperidine rings is 1. The standard InChI is InChI=1S/C19H22N2O2S/c1-14-7-5-11-21(13-14)18(22)15-8-3-4-9-16(15)20(2)19(23)17-10-6-12-24-17/h3-4,6,8-10,12,14H,5,7,11,13H2,1-2H3. The summed E-state index contributed by atoms with van der Waals surface area (Å²) in [5, 5.41) is 1.88. The van der Waals surface area contributed by atoms with Gasteiger partial charge in [-0.15, -0.1) is 11.3 Å². The lowest BCUT2D eigenvalue weighted by Gasteiger charge is -2.32. The van der Waals surface area contributed by atoms with Crippen LogP contribution in [0.2, 0.25) is 0 Å². The van der Waals surface area contributed by atoms with Crippen LogP contribution < -0.4 is 4.90 Å². The molecular formula is C19H22N2O2S. The SMILES string of the molecule is CC1CCCN(C(=O)c2ccccc2N(C)C(=O)c2cccs2)C1. The van der Waals surface area contributed by atoms with Gasteiger partial charge in [-0.25, -0.2) is 0 Å². The minimum atomic E-state index is -0.0859. The molecule has 4 nitrogen and oxygen atoms in total. The zero-order valence-corrected chi connectivity index (χ0v) is 14.9. The number of hydrogen-bond donors (Lipinski definition) is 0. The predicted molar refractivity (Wildman–Crippen MR) is 97.8 cm³/mol. The fraction of sp³-hybridized carbons (Fsp3) is 0.368. The maximum Gasteiger partial charge on any atom is 0.268 e. The number of amides is 2. The van der Waals surface area contributed by atoms with Crippen molar-refractivity contribution in [3.63, 3.8) is 0 Å². The van der Waals surface area contributed by atoms with E-state index < -0.39 is 0 Å². The molecule has 2 amide bonds. The lowest BCUT2D eigenvalue weighted by atomic mass is 9.99. The first-order valence-electron chi connectivity index (χ1n) is 8.28. The molecule has 1 saturated heterocycles. The third-order valence-corrected chi connectivity index (χ3v) is 5.33. The van der Waals surface area contributed by atoms with Crippen LogP contribution in [-0.4, -0.2) is 36.9 Å². The number of carbonyl (C=O) groups excluding carboxylic acids is 2. The van der Waals surface area contributed by atoms with Crippen molar-refractivity contribution in [1.82, 2.24) is 4.90 Å². The summed E-state index contributed by atoms with van der Waals surface area (Å²) in [7, 11) is 1.73.